The fraction of sp³-hybridized carbons (Fsp3) is 0.533. The first kappa shape index (κ1) is 13.9. The van der Waals surface area contributed by atoms with Crippen LogP contribution in [0.4, 0.5) is 5.69 Å². The summed E-state index contributed by atoms with van der Waals surface area (Å²) in [6, 6.07) is 6.71. The lowest BCUT2D eigenvalue weighted by Gasteiger charge is -2.18. The molecule has 0 unspecified atom stereocenters. The summed E-state index contributed by atoms with van der Waals surface area (Å²) in [5.41, 5.74) is 4.13. The molecule has 0 aromatic heterocycles. The Morgan fingerprint density at radius 2 is 2.21 bits per heavy atom. The normalized spacial score (nSPS) is 13.5. The summed E-state index contributed by atoms with van der Waals surface area (Å²) in [5.74, 6) is 0.0315. The first-order valence-corrected chi connectivity index (χ1v) is 7.06. The summed E-state index contributed by atoms with van der Waals surface area (Å²) in [6.07, 6.45) is 3.45. The predicted octanol–water partition coefficient (Wildman–Crippen LogP) is 1.31. The van der Waals surface area contributed by atoms with Crippen molar-refractivity contribution in [2.45, 2.75) is 26.2 Å². The highest BCUT2D eigenvalue weighted by molar-refractivity contribution is 5.72. The van der Waals surface area contributed by atoms with Crippen LogP contribution in [0.25, 0.3) is 0 Å². The molecule has 1 amide bonds. The van der Waals surface area contributed by atoms with Gasteiger partial charge in [0.25, 0.3) is 0 Å². The second kappa shape index (κ2) is 7.14. The van der Waals surface area contributed by atoms with E-state index in [0.29, 0.717) is 6.54 Å². The molecule has 1 aliphatic rings. The average Bonchev–Trinajstić information content (AvgIpc) is 2.42. The Hall–Kier alpha value is -1.55. The molecule has 1 aromatic rings. The lowest BCUT2D eigenvalue weighted by molar-refractivity contribution is -0.118. The third-order valence-electron chi connectivity index (χ3n) is 3.37. The molecular formula is C15H23N3O. The van der Waals surface area contributed by atoms with Gasteiger partial charge in [0.15, 0.2) is 0 Å². The van der Waals surface area contributed by atoms with Crippen molar-refractivity contribution in [1.82, 2.24) is 10.6 Å². The Morgan fingerprint density at radius 1 is 1.32 bits per heavy atom. The zero-order chi connectivity index (χ0) is 13.5. The van der Waals surface area contributed by atoms with Crippen LogP contribution in [-0.4, -0.2) is 32.1 Å². The molecule has 4 heteroatoms. The Kier molecular flexibility index (Phi) is 5.21. The van der Waals surface area contributed by atoms with Crippen molar-refractivity contribution < 1.29 is 4.79 Å². The zero-order valence-corrected chi connectivity index (χ0v) is 11.6. The first-order chi connectivity index (χ1) is 9.25. The second-order valence-corrected chi connectivity index (χ2v) is 5.00. The van der Waals surface area contributed by atoms with Crippen LogP contribution in [-0.2, 0) is 17.6 Å². The monoisotopic (exact) mass is 261 g/mol. The van der Waals surface area contributed by atoms with Crippen LogP contribution < -0.4 is 16.0 Å². The van der Waals surface area contributed by atoms with Crippen molar-refractivity contribution in [3.63, 3.8) is 0 Å². The van der Waals surface area contributed by atoms with Gasteiger partial charge in [-0.1, -0.05) is 12.1 Å². The molecule has 4 nitrogen and oxygen atoms in total. The van der Waals surface area contributed by atoms with E-state index in [1.807, 2.05) is 0 Å². The number of hydrogen-bond donors (Lipinski definition) is 3. The van der Waals surface area contributed by atoms with Crippen LogP contribution in [0.5, 0.6) is 0 Å². The van der Waals surface area contributed by atoms with Crippen LogP contribution in [0.2, 0.25) is 0 Å². The maximum absolute atomic E-state index is 10.7. The minimum absolute atomic E-state index is 0.0315. The Bertz CT molecular complexity index is 431. The van der Waals surface area contributed by atoms with Crippen LogP contribution in [0, 0.1) is 0 Å². The number of carbonyl (C=O) groups is 1. The molecule has 1 aliphatic heterocycles. The maximum Gasteiger partial charge on any atom is 0.216 e. The summed E-state index contributed by atoms with van der Waals surface area (Å²) < 4.78 is 0. The van der Waals surface area contributed by atoms with Crippen molar-refractivity contribution in [2.75, 3.05) is 31.5 Å². The molecule has 0 saturated carbocycles. The summed E-state index contributed by atoms with van der Waals surface area (Å²) >= 11 is 0. The third kappa shape index (κ3) is 4.56. The molecule has 0 bridgehead atoms. The number of aryl methyl sites for hydroxylation is 1. The highest BCUT2D eigenvalue weighted by Gasteiger charge is 2.08. The van der Waals surface area contributed by atoms with Gasteiger partial charge in [-0.25, -0.2) is 0 Å². The topological polar surface area (TPSA) is 53.2 Å². The standard InChI is InChI=1S/C15H23N3O/c1-12(19)17-10-9-16-8-6-13-4-5-15-14(11-13)3-2-7-18-15/h4-5,11,16,18H,2-3,6-10H2,1H3,(H,17,19). The van der Waals surface area contributed by atoms with Gasteiger partial charge in [-0.05, 0) is 43.0 Å². The lowest BCUT2D eigenvalue weighted by atomic mass is 9.99. The number of fused-ring (bicyclic) bond motifs is 1. The van der Waals surface area contributed by atoms with Gasteiger partial charge in [0.2, 0.25) is 5.91 Å². The SMILES string of the molecule is CC(=O)NCCNCCc1ccc2c(c1)CCCN2. The van der Waals surface area contributed by atoms with Crippen LogP contribution in [0.1, 0.15) is 24.5 Å². The van der Waals surface area contributed by atoms with E-state index in [-0.39, 0.29) is 5.91 Å². The summed E-state index contributed by atoms with van der Waals surface area (Å²) in [6.45, 7) is 5.11. The number of carbonyl (C=O) groups excluding carboxylic acids is 1. The molecule has 1 heterocycles. The van der Waals surface area contributed by atoms with Crippen molar-refractivity contribution >= 4 is 11.6 Å². The fourth-order valence-corrected chi connectivity index (χ4v) is 2.37. The predicted molar refractivity (Wildman–Crippen MR) is 78.5 cm³/mol. The van der Waals surface area contributed by atoms with E-state index < -0.39 is 0 Å². The fourth-order valence-electron chi connectivity index (χ4n) is 2.37. The van der Waals surface area contributed by atoms with Gasteiger partial charge in [-0.3, -0.25) is 4.79 Å². The van der Waals surface area contributed by atoms with E-state index in [1.165, 1.54) is 29.7 Å². The van der Waals surface area contributed by atoms with Crippen molar-refractivity contribution in [3.8, 4) is 0 Å². The van der Waals surface area contributed by atoms with Gasteiger partial charge in [-0.15, -0.1) is 0 Å². The summed E-state index contributed by atoms with van der Waals surface area (Å²) in [4.78, 5) is 10.7. The van der Waals surface area contributed by atoms with Gasteiger partial charge in [0.1, 0.15) is 0 Å². The molecular weight excluding hydrogens is 238 g/mol. The molecule has 3 N–H and O–H groups in total. The highest BCUT2D eigenvalue weighted by Crippen LogP contribution is 2.22. The Morgan fingerprint density at radius 3 is 3.05 bits per heavy atom. The first-order valence-electron chi connectivity index (χ1n) is 7.06. The molecule has 0 radical (unpaired) electrons. The number of anilines is 1. The minimum Gasteiger partial charge on any atom is -0.385 e. The maximum atomic E-state index is 10.7. The van der Waals surface area contributed by atoms with E-state index >= 15 is 0 Å². The van der Waals surface area contributed by atoms with Gasteiger partial charge < -0.3 is 16.0 Å². The molecule has 19 heavy (non-hydrogen) atoms. The van der Waals surface area contributed by atoms with Gasteiger partial charge in [-0.2, -0.15) is 0 Å². The number of nitrogens with one attached hydrogen (secondary N) is 3. The third-order valence-corrected chi connectivity index (χ3v) is 3.37. The molecule has 0 aliphatic carbocycles. The number of hydrogen-bond acceptors (Lipinski definition) is 3. The molecule has 1 aromatic carbocycles. The number of benzene rings is 1. The smallest absolute Gasteiger partial charge is 0.216 e. The summed E-state index contributed by atoms with van der Waals surface area (Å²) in [7, 11) is 0. The van der Waals surface area contributed by atoms with Gasteiger partial charge in [0, 0.05) is 32.2 Å². The molecule has 0 saturated heterocycles. The van der Waals surface area contributed by atoms with Crippen LogP contribution >= 0.6 is 0 Å². The summed E-state index contributed by atoms with van der Waals surface area (Å²) in [5, 5.41) is 9.54. The van der Waals surface area contributed by atoms with Crippen LogP contribution in [0.15, 0.2) is 18.2 Å². The van der Waals surface area contributed by atoms with Gasteiger partial charge in [0.05, 0.1) is 0 Å². The molecule has 0 spiro atoms. The molecule has 0 fully saturated rings. The van der Waals surface area contributed by atoms with E-state index in [0.717, 1.165) is 26.1 Å². The van der Waals surface area contributed by atoms with Crippen molar-refractivity contribution in [3.05, 3.63) is 29.3 Å². The largest absolute Gasteiger partial charge is 0.385 e. The van der Waals surface area contributed by atoms with E-state index in [1.54, 1.807) is 6.92 Å². The van der Waals surface area contributed by atoms with Crippen LogP contribution in [0.3, 0.4) is 0 Å². The molecule has 104 valence electrons. The lowest BCUT2D eigenvalue weighted by Crippen LogP contribution is -2.31. The second-order valence-electron chi connectivity index (χ2n) is 5.00. The van der Waals surface area contributed by atoms with Crippen molar-refractivity contribution in [1.29, 1.82) is 0 Å². The van der Waals surface area contributed by atoms with E-state index in [9.17, 15) is 4.79 Å². The van der Waals surface area contributed by atoms with E-state index in [2.05, 4.69) is 34.1 Å². The number of amides is 1. The van der Waals surface area contributed by atoms with E-state index in [4.69, 9.17) is 0 Å². The molecule has 2 rings (SSSR count). The Balaban J connectivity index is 1.70. The highest BCUT2D eigenvalue weighted by atomic mass is 16.1. The minimum atomic E-state index is 0.0315. The van der Waals surface area contributed by atoms with Gasteiger partial charge >= 0.3 is 0 Å². The quantitative estimate of drug-likeness (QED) is 0.677. The number of rotatable bonds is 6. The Labute approximate surface area is 115 Å². The molecule has 0 atom stereocenters. The zero-order valence-electron chi connectivity index (χ0n) is 11.6. The average molecular weight is 261 g/mol. The van der Waals surface area contributed by atoms with Crippen molar-refractivity contribution in [2.24, 2.45) is 0 Å².